The van der Waals surface area contributed by atoms with E-state index in [2.05, 4.69) is 5.32 Å². The lowest BCUT2D eigenvalue weighted by molar-refractivity contribution is -0.138. The van der Waals surface area contributed by atoms with Crippen molar-refractivity contribution in [2.75, 3.05) is 56.0 Å². The van der Waals surface area contributed by atoms with Gasteiger partial charge in [-0.25, -0.2) is 0 Å². The zero-order chi connectivity index (χ0) is 24.1. The maximum Gasteiger partial charge on any atom is 0.416 e. The van der Waals surface area contributed by atoms with E-state index in [1.807, 2.05) is 14.7 Å². The van der Waals surface area contributed by atoms with Crippen molar-refractivity contribution >= 4 is 23.2 Å². The van der Waals surface area contributed by atoms with Gasteiger partial charge < -0.3 is 15.1 Å². The van der Waals surface area contributed by atoms with Crippen molar-refractivity contribution in [2.45, 2.75) is 57.5 Å². The molecule has 2 amide bonds. The summed E-state index contributed by atoms with van der Waals surface area (Å²) in [5.41, 5.74) is 0.0899. The lowest BCUT2D eigenvalue weighted by atomic mass is 9.95. The molecule has 0 radical (unpaired) electrons. The molecule has 9 heteroatoms. The van der Waals surface area contributed by atoms with Crippen LogP contribution in [0.3, 0.4) is 0 Å². The zero-order valence-electron chi connectivity index (χ0n) is 19.7. The maximum atomic E-state index is 13.3. The van der Waals surface area contributed by atoms with Crippen LogP contribution in [0.15, 0.2) is 18.2 Å². The normalized spacial score (nSPS) is 20.9. The minimum absolute atomic E-state index is 0.00245. The molecule has 3 fully saturated rings. The van der Waals surface area contributed by atoms with Gasteiger partial charge in [-0.15, -0.1) is 0 Å². The predicted octanol–water partition coefficient (Wildman–Crippen LogP) is 4.36. The van der Waals surface area contributed by atoms with Crippen molar-refractivity contribution in [1.82, 2.24) is 9.80 Å². The molecule has 0 saturated carbocycles. The maximum absolute atomic E-state index is 13.3. The van der Waals surface area contributed by atoms with Crippen LogP contribution in [0.1, 0.15) is 56.9 Å². The van der Waals surface area contributed by atoms with Crippen molar-refractivity contribution in [1.29, 1.82) is 0 Å². The number of amides is 2. The molecule has 1 N–H and O–H groups in total. The number of piperidine rings is 1. The third-order valence-corrected chi connectivity index (χ3v) is 7.27. The molecule has 0 aromatic heterocycles. The van der Waals surface area contributed by atoms with E-state index in [9.17, 15) is 22.8 Å². The Morgan fingerprint density at radius 2 is 1.50 bits per heavy atom. The molecule has 1 aromatic rings. The van der Waals surface area contributed by atoms with Crippen LogP contribution in [0.25, 0.3) is 0 Å². The molecule has 0 atom stereocenters. The van der Waals surface area contributed by atoms with Gasteiger partial charge in [-0.1, -0.05) is 12.8 Å². The molecule has 34 heavy (non-hydrogen) atoms. The summed E-state index contributed by atoms with van der Waals surface area (Å²) in [6.45, 7) is 4.62. The number of rotatable bonds is 5. The largest absolute Gasteiger partial charge is 0.416 e. The number of nitrogens with one attached hydrogen (secondary N) is 1. The van der Waals surface area contributed by atoms with Gasteiger partial charge in [0.05, 0.1) is 23.5 Å². The van der Waals surface area contributed by atoms with E-state index in [1.54, 1.807) is 0 Å². The summed E-state index contributed by atoms with van der Waals surface area (Å²) in [4.78, 5) is 31.7. The van der Waals surface area contributed by atoms with Crippen LogP contribution in [-0.2, 0) is 15.8 Å². The highest BCUT2D eigenvalue weighted by Gasteiger charge is 2.33. The molecule has 6 nitrogen and oxygen atoms in total. The van der Waals surface area contributed by atoms with Gasteiger partial charge in [0, 0.05) is 32.1 Å². The number of halogens is 3. The Balaban J connectivity index is 1.33. The van der Waals surface area contributed by atoms with E-state index in [4.69, 9.17) is 0 Å². The Morgan fingerprint density at radius 3 is 2.12 bits per heavy atom. The van der Waals surface area contributed by atoms with Gasteiger partial charge in [0.25, 0.3) is 0 Å². The highest BCUT2D eigenvalue weighted by molar-refractivity contribution is 5.96. The fraction of sp³-hybridized carbons (Fsp3) is 0.680. The first-order valence-electron chi connectivity index (χ1n) is 12.6. The van der Waals surface area contributed by atoms with Gasteiger partial charge in [0.2, 0.25) is 11.8 Å². The quantitative estimate of drug-likeness (QED) is 0.681. The number of carbonyl (C=O) groups is 2. The molecule has 3 heterocycles. The average Bonchev–Trinajstić information content (AvgIpc) is 3.20. The Kier molecular flexibility index (Phi) is 8.01. The number of carbonyl (C=O) groups excluding carboxylic acids is 2. The van der Waals surface area contributed by atoms with Crippen LogP contribution in [0.4, 0.5) is 24.5 Å². The minimum Gasteiger partial charge on any atom is -0.370 e. The Morgan fingerprint density at radius 1 is 0.882 bits per heavy atom. The molecule has 1 aromatic carbocycles. The summed E-state index contributed by atoms with van der Waals surface area (Å²) in [5.74, 6) is -0.0788. The van der Waals surface area contributed by atoms with Crippen LogP contribution in [0.5, 0.6) is 0 Å². The van der Waals surface area contributed by atoms with Gasteiger partial charge in [0.15, 0.2) is 0 Å². The van der Waals surface area contributed by atoms with Crippen LogP contribution >= 0.6 is 0 Å². The van der Waals surface area contributed by atoms with Crippen LogP contribution < -0.4 is 10.2 Å². The average molecular weight is 481 g/mol. The van der Waals surface area contributed by atoms with Gasteiger partial charge in [-0.3, -0.25) is 14.5 Å². The number of alkyl halides is 3. The Labute approximate surface area is 199 Å². The van der Waals surface area contributed by atoms with E-state index < -0.39 is 11.7 Å². The molecule has 0 aliphatic carbocycles. The van der Waals surface area contributed by atoms with Crippen molar-refractivity contribution in [3.05, 3.63) is 23.8 Å². The summed E-state index contributed by atoms with van der Waals surface area (Å²) in [5, 5.41) is 2.74. The van der Waals surface area contributed by atoms with E-state index in [0.29, 0.717) is 31.6 Å². The summed E-state index contributed by atoms with van der Waals surface area (Å²) in [7, 11) is 0. The smallest absolute Gasteiger partial charge is 0.370 e. The molecule has 0 unspecified atom stereocenters. The summed E-state index contributed by atoms with van der Waals surface area (Å²) >= 11 is 0. The number of likely N-dealkylation sites (tertiary alicyclic amines) is 2. The van der Waals surface area contributed by atoms with Crippen molar-refractivity contribution in [3.8, 4) is 0 Å². The zero-order valence-corrected chi connectivity index (χ0v) is 19.7. The first-order valence-corrected chi connectivity index (χ1v) is 12.6. The number of nitrogens with zero attached hydrogens (tertiary/aromatic N) is 3. The fourth-order valence-corrected chi connectivity index (χ4v) is 5.33. The van der Waals surface area contributed by atoms with E-state index >= 15 is 0 Å². The molecule has 0 spiro atoms. The van der Waals surface area contributed by atoms with Crippen LogP contribution in [0, 0.1) is 5.92 Å². The minimum atomic E-state index is -4.47. The number of benzene rings is 1. The summed E-state index contributed by atoms with van der Waals surface area (Å²) in [6.07, 6.45) is 3.44. The highest BCUT2D eigenvalue weighted by Crippen LogP contribution is 2.36. The van der Waals surface area contributed by atoms with Crippen LogP contribution in [0.2, 0.25) is 0 Å². The number of hydrogen-bond donors (Lipinski definition) is 1. The van der Waals surface area contributed by atoms with Crippen molar-refractivity contribution in [3.63, 3.8) is 0 Å². The Hall–Kier alpha value is -2.29. The fourth-order valence-electron chi connectivity index (χ4n) is 5.33. The molecular weight excluding hydrogens is 445 g/mol. The molecule has 0 bridgehead atoms. The van der Waals surface area contributed by atoms with Crippen molar-refractivity contribution in [2.24, 2.45) is 5.92 Å². The third kappa shape index (κ3) is 6.23. The van der Waals surface area contributed by atoms with Gasteiger partial charge >= 0.3 is 6.18 Å². The summed E-state index contributed by atoms with van der Waals surface area (Å²) < 4.78 is 39.8. The standard InChI is InChI=1S/C25H35F3N4O2/c26-25(27,28)20-7-8-22(31-11-5-6-12-31)21(17-20)29-23(33)18-30-15-9-19(10-16-30)24(34)32-13-3-1-2-4-14-32/h7-8,17,19H,1-6,9-16,18H2,(H,29,33). The van der Waals surface area contributed by atoms with Crippen LogP contribution in [-0.4, -0.2) is 67.4 Å². The molecule has 3 saturated heterocycles. The molecule has 4 rings (SSSR count). The van der Waals surface area contributed by atoms with Crippen molar-refractivity contribution < 1.29 is 22.8 Å². The van der Waals surface area contributed by atoms with Gasteiger partial charge in [-0.2, -0.15) is 13.2 Å². The summed E-state index contributed by atoms with van der Waals surface area (Å²) in [6, 6.07) is 3.58. The molecular formula is C25H35F3N4O2. The topological polar surface area (TPSA) is 55.9 Å². The van der Waals surface area contributed by atoms with E-state index in [0.717, 1.165) is 64.0 Å². The SMILES string of the molecule is O=C(CN1CCC(C(=O)N2CCCCCC2)CC1)Nc1cc(C(F)(F)F)ccc1N1CCCC1. The number of hydrogen-bond acceptors (Lipinski definition) is 4. The predicted molar refractivity (Wildman–Crippen MR) is 126 cm³/mol. The lowest BCUT2D eigenvalue weighted by Crippen LogP contribution is -2.44. The van der Waals surface area contributed by atoms with Gasteiger partial charge in [-0.05, 0) is 69.8 Å². The lowest BCUT2D eigenvalue weighted by Gasteiger charge is -2.33. The third-order valence-electron chi connectivity index (χ3n) is 7.27. The highest BCUT2D eigenvalue weighted by atomic mass is 19.4. The second kappa shape index (κ2) is 11.0. The molecule has 3 aliphatic heterocycles. The first kappa shape index (κ1) is 24.8. The number of anilines is 2. The van der Waals surface area contributed by atoms with E-state index in [-0.39, 0.29) is 30.0 Å². The molecule has 3 aliphatic rings. The second-order valence-electron chi connectivity index (χ2n) is 9.76. The van der Waals surface area contributed by atoms with E-state index in [1.165, 1.54) is 18.9 Å². The monoisotopic (exact) mass is 480 g/mol. The molecule has 188 valence electrons. The van der Waals surface area contributed by atoms with Gasteiger partial charge in [0.1, 0.15) is 0 Å². The Bertz CT molecular complexity index is 854. The first-order chi connectivity index (χ1) is 16.3. The second-order valence-corrected chi connectivity index (χ2v) is 9.76.